The zero-order valence-electron chi connectivity index (χ0n) is 11.1. The summed E-state index contributed by atoms with van der Waals surface area (Å²) in [5.41, 5.74) is 1.09. The highest BCUT2D eigenvalue weighted by atomic mass is 79.9. The summed E-state index contributed by atoms with van der Waals surface area (Å²) in [7, 11) is 0. The van der Waals surface area contributed by atoms with E-state index in [1.807, 2.05) is 12.1 Å². The molecule has 1 heterocycles. The first-order valence-electron chi connectivity index (χ1n) is 7.17. The van der Waals surface area contributed by atoms with Crippen molar-refractivity contribution in [3.05, 3.63) is 28.2 Å². The normalized spacial score (nSPS) is 22.4. The summed E-state index contributed by atoms with van der Waals surface area (Å²) >= 11 is 3.53. The maximum atomic E-state index is 10.2. The first-order chi connectivity index (χ1) is 9.24. The van der Waals surface area contributed by atoms with Crippen molar-refractivity contribution in [3.63, 3.8) is 0 Å². The average molecular weight is 325 g/mol. The molecule has 2 N–H and O–H groups in total. The molecule has 104 valence electrons. The molecular weight excluding hydrogens is 304 g/mol. The predicted molar refractivity (Wildman–Crippen MR) is 80.3 cm³/mol. The average Bonchev–Trinajstić information content (AvgIpc) is 3.24. The number of hydrogen-bond donors (Lipinski definition) is 2. The van der Waals surface area contributed by atoms with Gasteiger partial charge in [-0.05, 0) is 30.5 Å². The zero-order chi connectivity index (χ0) is 13.2. The Labute approximate surface area is 123 Å². The standard InChI is InChI=1S/C15H21BrN2O/c16-12-3-4-15(19)13(10-12)14(9-11-1-2-11)18-7-5-17-6-8-18/h3-4,10-11,14,17,19H,1-2,5-9H2/t14-/m0/s1. The Hall–Kier alpha value is -0.580. The van der Waals surface area contributed by atoms with Gasteiger partial charge >= 0.3 is 0 Å². The Balaban J connectivity index is 1.85. The Bertz CT molecular complexity index is 442. The van der Waals surface area contributed by atoms with E-state index in [0.717, 1.165) is 42.1 Å². The van der Waals surface area contributed by atoms with Crippen molar-refractivity contribution in [1.29, 1.82) is 0 Å². The summed E-state index contributed by atoms with van der Waals surface area (Å²) in [6.07, 6.45) is 3.90. The van der Waals surface area contributed by atoms with Crippen molar-refractivity contribution in [2.24, 2.45) is 5.92 Å². The van der Waals surface area contributed by atoms with E-state index in [1.54, 1.807) is 0 Å². The number of rotatable bonds is 4. The van der Waals surface area contributed by atoms with Crippen LogP contribution in [0.4, 0.5) is 0 Å². The SMILES string of the molecule is Oc1ccc(Br)cc1[C@H](CC1CC1)N1CCNCC1. The summed E-state index contributed by atoms with van der Waals surface area (Å²) in [6.45, 7) is 4.25. The van der Waals surface area contributed by atoms with Gasteiger partial charge in [0.25, 0.3) is 0 Å². The topological polar surface area (TPSA) is 35.5 Å². The number of nitrogens with zero attached hydrogens (tertiary/aromatic N) is 1. The monoisotopic (exact) mass is 324 g/mol. The number of phenols is 1. The Morgan fingerprint density at radius 3 is 2.74 bits per heavy atom. The highest BCUT2D eigenvalue weighted by Gasteiger charge is 2.31. The minimum Gasteiger partial charge on any atom is -0.508 e. The fraction of sp³-hybridized carbons (Fsp3) is 0.600. The maximum Gasteiger partial charge on any atom is 0.120 e. The van der Waals surface area contributed by atoms with Gasteiger partial charge in [-0.2, -0.15) is 0 Å². The molecule has 0 spiro atoms. The molecule has 1 aliphatic carbocycles. The Kier molecular flexibility index (Phi) is 4.10. The third-order valence-electron chi connectivity index (χ3n) is 4.19. The first-order valence-corrected chi connectivity index (χ1v) is 7.96. The second kappa shape index (κ2) is 5.81. The number of benzene rings is 1. The zero-order valence-corrected chi connectivity index (χ0v) is 12.7. The molecule has 3 nitrogen and oxygen atoms in total. The van der Waals surface area contributed by atoms with Gasteiger partial charge in [0.1, 0.15) is 5.75 Å². The van der Waals surface area contributed by atoms with Crippen LogP contribution in [0.5, 0.6) is 5.75 Å². The van der Waals surface area contributed by atoms with Gasteiger partial charge in [0, 0.05) is 42.3 Å². The molecule has 0 aromatic heterocycles. The van der Waals surface area contributed by atoms with Crippen LogP contribution in [0.2, 0.25) is 0 Å². The molecule has 0 bridgehead atoms. The van der Waals surface area contributed by atoms with Crippen LogP contribution in [0, 0.1) is 5.92 Å². The van der Waals surface area contributed by atoms with Gasteiger partial charge < -0.3 is 10.4 Å². The van der Waals surface area contributed by atoms with E-state index in [4.69, 9.17) is 0 Å². The summed E-state index contributed by atoms with van der Waals surface area (Å²) in [5.74, 6) is 1.30. The first kappa shape index (κ1) is 13.4. The van der Waals surface area contributed by atoms with Crippen LogP contribution in [-0.2, 0) is 0 Å². The predicted octanol–water partition coefficient (Wildman–Crippen LogP) is 2.90. The van der Waals surface area contributed by atoms with Gasteiger partial charge in [0.05, 0.1) is 0 Å². The number of phenolic OH excluding ortho intramolecular Hbond substituents is 1. The number of hydrogen-bond acceptors (Lipinski definition) is 3. The van der Waals surface area contributed by atoms with Gasteiger partial charge in [-0.3, -0.25) is 4.90 Å². The van der Waals surface area contributed by atoms with Gasteiger partial charge in [-0.1, -0.05) is 28.8 Å². The van der Waals surface area contributed by atoms with E-state index in [9.17, 15) is 5.11 Å². The lowest BCUT2D eigenvalue weighted by Crippen LogP contribution is -2.45. The molecule has 4 heteroatoms. The van der Waals surface area contributed by atoms with E-state index in [0.29, 0.717) is 11.8 Å². The molecule has 0 radical (unpaired) electrons. The van der Waals surface area contributed by atoms with Gasteiger partial charge in [0.2, 0.25) is 0 Å². The summed E-state index contributed by atoms with van der Waals surface area (Å²) < 4.78 is 1.05. The summed E-state index contributed by atoms with van der Waals surface area (Å²) in [6, 6.07) is 6.17. The lowest BCUT2D eigenvalue weighted by molar-refractivity contribution is 0.158. The molecule has 1 aromatic rings. The Morgan fingerprint density at radius 1 is 1.32 bits per heavy atom. The van der Waals surface area contributed by atoms with Crippen LogP contribution < -0.4 is 5.32 Å². The van der Waals surface area contributed by atoms with E-state index < -0.39 is 0 Å². The van der Waals surface area contributed by atoms with Crippen molar-refractivity contribution in [3.8, 4) is 5.75 Å². The molecule has 1 aromatic carbocycles. The third-order valence-corrected chi connectivity index (χ3v) is 4.69. The summed E-state index contributed by atoms with van der Waals surface area (Å²) in [5, 5.41) is 13.6. The van der Waals surface area contributed by atoms with Gasteiger partial charge in [0.15, 0.2) is 0 Å². The minimum absolute atomic E-state index is 0.368. The second-order valence-electron chi connectivity index (χ2n) is 5.68. The highest BCUT2D eigenvalue weighted by molar-refractivity contribution is 9.10. The van der Waals surface area contributed by atoms with Crippen LogP contribution >= 0.6 is 15.9 Å². The van der Waals surface area contributed by atoms with E-state index >= 15 is 0 Å². The summed E-state index contributed by atoms with van der Waals surface area (Å²) in [4.78, 5) is 2.52. The minimum atomic E-state index is 0.368. The molecule has 1 aliphatic heterocycles. The fourth-order valence-corrected chi connectivity index (χ4v) is 3.31. The lowest BCUT2D eigenvalue weighted by atomic mass is 9.98. The molecule has 0 unspecified atom stereocenters. The van der Waals surface area contributed by atoms with Crippen LogP contribution in [0.1, 0.15) is 30.9 Å². The highest BCUT2D eigenvalue weighted by Crippen LogP contribution is 2.42. The van der Waals surface area contributed by atoms with Crippen molar-refractivity contribution in [1.82, 2.24) is 10.2 Å². The fourth-order valence-electron chi connectivity index (χ4n) is 2.93. The molecule has 2 aliphatic rings. The molecule has 3 rings (SSSR count). The molecule has 2 fully saturated rings. The number of aromatic hydroxyl groups is 1. The largest absolute Gasteiger partial charge is 0.508 e. The van der Waals surface area contributed by atoms with Gasteiger partial charge in [-0.25, -0.2) is 0 Å². The van der Waals surface area contributed by atoms with Crippen molar-refractivity contribution < 1.29 is 5.11 Å². The van der Waals surface area contributed by atoms with Crippen LogP contribution in [-0.4, -0.2) is 36.2 Å². The quantitative estimate of drug-likeness (QED) is 0.893. The molecule has 1 saturated heterocycles. The lowest BCUT2D eigenvalue weighted by Gasteiger charge is -2.35. The molecule has 1 saturated carbocycles. The maximum absolute atomic E-state index is 10.2. The van der Waals surface area contributed by atoms with E-state index in [2.05, 4.69) is 32.2 Å². The van der Waals surface area contributed by atoms with Crippen molar-refractivity contribution in [2.45, 2.75) is 25.3 Å². The smallest absolute Gasteiger partial charge is 0.120 e. The Morgan fingerprint density at radius 2 is 2.05 bits per heavy atom. The van der Waals surface area contributed by atoms with Crippen LogP contribution in [0.3, 0.4) is 0 Å². The van der Waals surface area contributed by atoms with Crippen LogP contribution in [0.15, 0.2) is 22.7 Å². The van der Waals surface area contributed by atoms with E-state index in [-0.39, 0.29) is 0 Å². The second-order valence-corrected chi connectivity index (χ2v) is 6.60. The van der Waals surface area contributed by atoms with E-state index in [1.165, 1.54) is 19.3 Å². The molecular formula is C15H21BrN2O. The number of piperazine rings is 1. The molecule has 19 heavy (non-hydrogen) atoms. The number of nitrogens with one attached hydrogen (secondary N) is 1. The van der Waals surface area contributed by atoms with Crippen molar-refractivity contribution >= 4 is 15.9 Å². The van der Waals surface area contributed by atoms with Crippen molar-refractivity contribution in [2.75, 3.05) is 26.2 Å². The third kappa shape index (κ3) is 3.30. The van der Waals surface area contributed by atoms with Gasteiger partial charge in [-0.15, -0.1) is 0 Å². The molecule has 0 amide bonds. The van der Waals surface area contributed by atoms with Crippen LogP contribution in [0.25, 0.3) is 0 Å². The molecule has 1 atom stereocenters. The number of halogens is 1.